The van der Waals surface area contributed by atoms with Gasteiger partial charge in [-0.2, -0.15) is 0 Å². The number of halogens is 2. The van der Waals surface area contributed by atoms with Crippen molar-refractivity contribution in [3.05, 3.63) is 57.9 Å². The van der Waals surface area contributed by atoms with E-state index >= 15 is 0 Å². The number of carbonyl (C=O) groups excluding carboxylic acids is 1. The van der Waals surface area contributed by atoms with Gasteiger partial charge >= 0.3 is 0 Å². The number of hydrogen-bond acceptors (Lipinski definition) is 3. The molecule has 2 N–H and O–H groups in total. The summed E-state index contributed by atoms with van der Waals surface area (Å²) in [5.74, 6) is -1.07. The fourth-order valence-corrected chi connectivity index (χ4v) is 2.17. The number of nitrogens with zero attached hydrogens (tertiary/aromatic N) is 1. The molecule has 0 saturated carbocycles. The number of aromatic nitrogens is 1. The zero-order chi connectivity index (χ0) is 15.4. The smallest absolute Gasteiger partial charge is 0.254 e. The van der Waals surface area contributed by atoms with E-state index in [1.807, 2.05) is 31.2 Å². The molecule has 1 amide bonds. The van der Waals surface area contributed by atoms with Crippen LogP contribution in [-0.2, 0) is 0 Å². The molecule has 110 valence electrons. The molecule has 0 aliphatic rings. The third-order valence-corrected chi connectivity index (χ3v) is 3.62. The fraction of sp³-hybridized carbons (Fsp3) is 0.200. The minimum atomic E-state index is -0.652. The predicted molar refractivity (Wildman–Crippen MR) is 83.8 cm³/mol. The van der Waals surface area contributed by atoms with Crippen molar-refractivity contribution in [1.82, 2.24) is 10.3 Å². The van der Waals surface area contributed by atoms with Gasteiger partial charge in [-0.25, -0.2) is 9.37 Å². The summed E-state index contributed by atoms with van der Waals surface area (Å²) in [5, 5.41) is 5.38. The third-order valence-electron chi connectivity index (χ3n) is 3.09. The first kappa shape index (κ1) is 15.4. The van der Waals surface area contributed by atoms with Crippen LogP contribution in [0.5, 0.6) is 0 Å². The number of carbonyl (C=O) groups is 1. The molecule has 0 saturated heterocycles. The highest BCUT2D eigenvalue weighted by molar-refractivity contribution is 9.10. The van der Waals surface area contributed by atoms with Gasteiger partial charge in [0.15, 0.2) is 11.6 Å². The maximum Gasteiger partial charge on any atom is 0.254 e. The maximum atomic E-state index is 14.0. The zero-order valence-electron chi connectivity index (χ0n) is 11.7. The normalized spacial score (nSPS) is 11.8. The Labute approximate surface area is 130 Å². The molecule has 2 aromatic rings. The van der Waals surface area contributed by atoms with Gasteiger partial charge < -0.3 is 10.6 Å². The number of rotatable bonds is 4. The molecule has 0 spiro atoms. The highest BCUT2D eigenvalue weighted by Crippen LogP contribution is 2.19. The maximum absolute atomic E-state index is 14.0. The number of pyridine rings is 1. The summed E-state index contributed by atoms with van der Waals surface area (Å²) < 4.78 is 15.0. The average molecular weight is 352 g/mol. The molecule has 0 bridgehead atoms. The van der Waals surface area contributed by atoms with Crippen LogP contribution in [0.1, 0.15) is 28.9 Å². The van der Waals surface area contributed by atoms with Crippen LogP contribution in [0.2, 0.25) is 0 Å². The van der Waals surface area contributed by atoms with Gasteiger partial charge in [-0.05, 0) is 30.7 Å². The molecule has 0 aliphatic carbocycles. The van der Waals surface area contributed by atoms with Crippen molar-refractivity contribution in [3.8, 4) is 0 Å². The van der Waals surface area contributed by atoms with Crippen molar-refractivity contribution in [2.75, 3.05) is 12.4 Å². The molecule has 0 aliphatic heterocycles. The predicted octanol–water partition coefficient (Wildman–Crippen LogP) is 3.52. The van der Waals surface area contributed by atoms with Crippen LogP contribution in [0.15, 0.2) is 41.0 Å². The van der Waals surface area contributed by atoms with Crippen LogP contribution >= 0.6 is 15.9 Å². The molecule has 1 aromatic heterocycles. The molecule has 1 aromatic carbocycles. The second-order valence-electron chi connectivity index (χ2n) is 4.52. The van der Waals surface area contributed by atoms with Crippen molar-refractivity contribution in [2.45, 2.75) is 13.0 Å². The van der Waals surface area contributed by atoms with Crippen molar-refractivity contribution in [1.29, 1.82) is 0 Å². The van der Waals surface area contributed by atoms with Gasteiger partial charge in [0.05, 0.1) is 11.6 Å². The van der Waals surface area contributed by atoms with Crippen molar-refractivity contribution < 1.29 is 9.18 Å². The van der Waals surface area contributed by atoms with Gasteiger partial charge in [0, 0.05) is 17.7 Å². The largest absolute Gasteiger partial charge is 0.371 e. The summed E-state index contributed by atoms with van der Waals surface area (Å²) in [6.45, 7) is 1.85. The summed E-state index contributed by atoms with van der Waals surface area (Å²) in [4.78, 5) is 16.0. The second kappa shape index (κ2) is 6.67. The van der Waals surface area contributed by atoms with E-state index in [2.05, 4.69) is 31.5 Å². The van der Waals surface area contributed by atoms with Crippen molar-refractivity contribution in [2.24, 2.45) is 0 Å². The highest BCUT2D eigenvalue weighted by atomic mass is 79.9. The Morgan fingerprint density at radius 1 is 1.29 bits per heavy atom. The Balaban J connectivity index is 2.16. The van der Waals surface area contributed by atoms with Crippen LogP contribution in [-0.4, -0.2) is 17.9 Å². The SMILES string of the molecule is CNc1nccc(C(=O)NC(C)c2ccc(Br)cc2)c1F. The zero-order valence-corrected chi connectivity index (χ0v) is 13.2. The molecular weight excluding hydrogens is 337 g/mol. The molecule has 1 unspecified atom stereocenters. The van der Waals surface area contributed by atoms with E-state index in [0.717, 1.165) is 10.0 Å². The number of amides is 1. The van der Waals surface area contributed by atoms with Gasteiger partial charge in [0.2, 0.25) is 0 Å². The van der Waals surface area contributed by atoms with E-state index in [4.69, 9.17) is 0 Å². The van der Waals surface area contributed by atoms with Crippen LogP contribution in [0.3, 0.4) is 0 Å². The summed E-state index contributed by atoms with van der Waals surface area (Å²) in [7, 11) is 1.55. The van der Waals surface area contributed by atoms with E-state index in [1.54, 1.807) is 7.05 Å². The first-order chi connectivity index (χ1) is 10.0. The lowest BCUT2D eigenvalue weighted by Gasteiger charge is -2.15. The number of hydrogen-bond donors (Lipinski definition) is 2. The molecule has 21 heavy (non-hydrogen) atoms. The van der Waals surface area contributed by atoms with Crippen LogP contribution in [0.25, 0.3) is 0 Å². The number of nitrogens with one attached hydrogen (secondary N) is 2. The van der Waals surface area contributed by atoms with E-state index in [9.17, 15) is 9.18 Å². The Morgan fingerprint density at radius 3 is 2.57 bits per heavy atom. The van der Waals surface area contributed by atoms with E-state index in [0.29, 0.717) is 0 Å². The Kier molecular flexibility index (Phi) is 4.90. The fourth-order valence-electron chi connectivity index (χ4n) is 1.90. The molecule has 2 rings (SSSR count). The first-order valence-corrected chi connectivity index (χ1v) is 7.20. The molecule has 4 nitrogen and oxygen atoms in total. The van der Waals surface area contributed by atoms with Gasteiger partial charge in [-0.1, -0.05) is 28.1 Å². The Bertz CT molecular complexity index is 646. The Hall–Kier alpha value is -1.95. The molecule has 0 radical (unpaired) electrons. The minimum absolute atomic E-state index is 0.0293. The van der Waals surface area contributed by atoms with Crippen LogP contribution in [0, 0.1) is 5.82 Å². The summed E-state index contributed by atoms with van der Waals surface area (Å²) in [6.07, 6.45) is 1.40. The van der Waals surface area contributed by atoms with Gasteiger partial charge in [0.1, 0.15) is 0 Å². The Morgan fingerprint density at radius 2 is 1.95 bits per heavy atom. The van der Waals surface area contributed by atoms with E-state index in [-0.39, 0.29) is 17.4 Å². The summed E-state index contributed by atoms with van der Waals surface area (Å²) >= 11 is 3.36. The van der Waals surface area contributed by atoms with Crippen LogP contribution in [0.4, 0.5) is 10.2 Å². The lowest BCUT2D eigenvalue weighted by Crippen LogP contribution is -2.27. The second-order valence-corrected chi connectivity index (χ2v) is 5.43. The summed E-state index contributed by atoms with van der Waals surface area (Å²) in [5.41, 5.74) is 0.910. The minimum Gasteiger partial charge on any atom is -0.371 e. The molecular formula is C15H15BrFN3O. The molecule has 6 heteroatoms. The van der Waals surface area contributed by atoms with Crippen molar-refractivity contribution >= 4 is 27.7 Å². The first-order valence-electron chi connectivity index (χ1n) is 6.41. The van der Waals surface area contributed by atoms with E-state index < -0.39 is 11.7 Å². The standard InChI is InChI=1S/C15H15BrFN3O/c1-9(10-3-5-11(16)6-4-10)20-15(21)12-7-8-19-14(18-2)13(12)17/h3-9H,1-2H3,(H,18,19)(H,20,21). The topological polar surface area (TPSA) is 54.0 Å². The summed E-state index contributed by atoms with van der Waals surface area (Å²) in [6, 6.07) is 8.72. The monoisotopic (exact) mass is 351 g/mol. The average Bonchev–Trinajstić information content (AvgIpc) is 2.48. The van der Waals surface area contributed by atoms with Gasteiger partial charge in [-0.15, -0.1) is 0 Å². The lowest BCUT2D eigenvalue weighted by molar-refractivity contribution is 0.0936. The van der Waals surface area contributed by atoms with E-state index in [1.165, 1.54) is 12.3 Å². The molecule has 1 heterocycles. The molecule has 0 fully saturated rings. The quantitative estimate of drug-likeness (QED) is 0.885. The lowest BCUT2D eigenvalue weighted by atomic mass is 10.1. The highest BCUT2D eigenvalue weighted by Gasteiger charge is 2.17. The van der Waals surface area contributed by atoms with Gasteiger partial charge in [-0.3, -0.25) is 4.79 Å². The number of anilines is 1. The van der Waals surface area contributed by atoms with Crippen LogP contribution < -0.4 is 10.6 Å². The van der Waals surface area contributed by atoms with Crippen molar-refractivity contribution in [3.63, 3.8) is 0 Å². The third kappa shape index (κ3) is 3.58. The molecule has 1 atom stereocenters. The number of benzene rings is 1. The van der Waals surface area contributed by atoms with Gasteiger partial charge in [0.25, 0.3) is 5.91 Å².